The van der Waals surface area contributed by atoms with E-state index < -0.39 is 18.1 Å². The molecule has 4 N–H and O–H groups in total. The molecule has 2 aromatic heterocycles. The number of fused-ring (bicyclic) bond motifs is 1. The minimum atomic E-state index is -5.08. The maximum Gasteiger partial charge on any atom is 0.490 e. The average Bonchev–Trinajstić information content (AvgIpc) is 3.31. The number of ether oxygens (including phenoxy) is 1. The van der Waals surface area contributed by atoms with Crippen molar-refractivity contribution in [2.24, 2.45) is 0 Å². The van der Waals surface area contributed by atoms with E-state index in [1.54, 1.807) is 18.3 Å². The molecule has 0 fully saturated rings. The van der Waals surface area contributed by atoms with E-state index in [0.29, 0.717) is 11.6 Å². The van der Waals surface area contributed by atoms with Crippen LogP contribution < -0.4 is 10.1 Å². The number of hydrogen-bond acceptors (Lipinski definition) is 5. The van der Waals surface area contributed by atoms with Gasteiger partial charge in [-0.05, 0) is 53.9 Å². The highest BCUT2D eigenvalue weighted by atomic mass is 35.5. The van der Waals surface area contributed by atoms with Crippen LogP contribution in [0.2, 0.25) is 5.02 Å². The van der Waals surface area contributed by atoms with E-state index >= 15 is 0 Å². The number of aromatic amines is 1. The van der Waals surface area contributed by atoms with Crippen LogP contribution in [0.15, 0.2) is 73.1 Å². The first kappa shape index (κ1) is 29.3. The molecule has 0 bridgehead atoms. The molecule has 0 amide bonds. The van der Waals surface area contributed by atoms with E-state index in [0.717, 1.165) is 46.6 Å². The van der Waals surface area contributed by atoms with Crippen molar-refractivity contribution >= 4 is 40.3 Å². The highest BCUT2D eigenvalue weighted by Crippen LogP contribution is 2.35. The number of halogens is 4. The Labute approximate surface area is 226 Å². The molecule has 1 unspecified atom stereocenters. The standard InChI is InChI=1S/C25H24ClN3O3.C2HF3O2/c26-18-7-5-17(6-8-18)21(15-25(30)31)22-16-29-23-14-19(9-10-20(22)23)32-13-3-12-28-24-4-1-2-11-27-24;3-2(4,5)1(6)7/h1-2,4-11,14,16,21,29H,3,12-13,15H2,(H,27,28)(H,30,31);(H,6,7). The molecule has 0 aliphatic heterocycles. The Morgan fingerprint density at radius 3 is 2.41 bits per heavy atom. The van der Waals surface area contributed by atoms with E-state index in [1.165, 1.54) is 0 Å². The Hall–Kier alpha value is -4.25. The van der Waals surface area contributed by atoms with Gasteiger partial charge in [0.05, 0.1) is 13.0 Å². The van der Waals surface area contributed by atoms with Gasteiger partial charge in [-0.25, -0.2) is 9.78 Å². The lowest BCUT2D eigenvalue weighted by Gasteiger charge is -2.15. The molecule has 0 radical (unpaired) electrons. The molecule has 206 valence electrons. The van der Waals surface area contributed by atoms with Crippen LogP contribution in [0.1, 0.15) is 29.9 Å². The lowest BCUT2D eigenvalue weighted by molar-refractivity contribution is -0.192. The van der Waals surface area contributed by atoms with E-state index in [2.05, 4.69) is 15.3 Å². The predicted molar refractivity (Wildman–Crippen MR) is 140 cm³/mol. The van der Waals surface area contributed by atoms with Gasteiger partial charge in [0.25, 0.3) is 0 Å². The SMILES string of the molecule is O=C(O)C(F)(F)F.O=C(O)CC(c1ccc(Cl)cc1)c1c[nH]c2cc(OCCCNc3ccccn3)ccc12. The van der Waals surface area contributed by atoms with Crippen molar-refractivity contribution in [2.75, 3.05) is 18.5 Å². The number of alkyl halides is 3. The summed E-state index contributed by atoms with van der Waals surface area (Å²) < 4.78 is 37.6. The maximum absolute atomic E-state index is 11.5. The number of H-pyrrole nitrogens is 1. The second kappa shape index (κ2) is 13.5. The summed E-state index contributed by atoms with van der Waals surface area (Å²) in [7, 11) is 0. The molecule has 4 aromatic rings. The third-order valence-corrected chi connectivity index (χ3v) is 5.77. The van der Waals surface area contributed by atoms with Crippen LogP contribution in [-0.4, -0.2) is 51.4 Å². The third kappa shape index (κ3) is 8.92. The summed E-state index contributed by atoms with van der Waals surface area (Å²) in [6.45, 7) is 1.34. The van der Waals surface area contributed by atoms with Crippen molar-refractivity contribution in [2.45, 2.75) is 24.9 Å². The van der Waals surface area contributed by atoms with Crippen molar-refractivity contribution in [1.29, 1.82) is 0 Å². The molecule has 1 atom stereocenters. The number of nitrogens with one attached hydrogen (secondary N) is 2. The number of benzene rings is 2. The zero-order valence-corrected chi connectivity index (χ0v) is 21.2. The first-order chi connectivity index (χ1) is 18.5. The van der Waals surface area contributed by atoms with Crippen LogP contribution in [0.3, 0.4) is 0 Å². The van der Waals surface area contributed by atoms with Gasteiger partial charge in [0.15, 0.2) is 0 Å². The number of aliphatic carboxylic acids is 2. The van der Waals surface area contributed by atoms with E-state index in [4.69, 9.17) is 26.2 Å². The van der Waals surface area contributed by atoms with Crippen LogP contribution in [-0.2, 0) is 9.59 Å². The number of nitrogens with zero attached hydrogens (tertiary/aromatic N) is 1. The average molecular weight is 564 g/mol. The van der Waals surface area contributed by atoms with Crippen molar-refractivity contribution in [1.82, 2.24) is 9.97 Å². The van der Waals surface area contributed by atoms with Gasteiger partial charge in [-0.3, -0.25) is 4.79 Å². The van der Waals surface area contributed by atoms with Crippen LogP contribution in [0, 0.1) is 0 Å². The van der Waals surface area contributed by atoms with Crippen LogP contribution in [0.4, 0.5) is 19.0 Å². The second-order valence-corrected chi connectivity index (χ2v) is 8.74. The lowest BCUT2D eigenvalue weighted by atomic mass is 9.88. The number of aromatic nitrogens is 2. The smallest absolute Gasteiger partial charge is 0.490 e. The summed E-state index contributed by atoms with van der Waals surface area (Å²) in [4.78, 5) is 27.9. The van der Waals surface area contributed by atoms with Gasteiger partial charge >= 0.3 is 18.1 Å². The Kier molecular flexibility index (Phi) is 10.2. The number of carbonyl (C=O) groups is 2. The Morgan fingerprint density at radius 1 is 1.08 bits per heavy atom. The fourth-order valence-electron chi connectivity index (χ4n) is 3.73. The highest BCUT2D eigenvalue weighted by molar-refractivity contribution is 6.30. The highest BCUT2D eigenvalue weighted by Gasteiger charge is 2.38. The molecular formula is C27H25ClF3N3O5. The summed E-state index contributed by atoms with van der Waals surface area (Å²) >= 11 is 6.01. The van der Waals surface area contributed by atoms with Crippen molar-refractivity contribution < 1.29 is 37.7 Å². The first-order valence-corrected chi connectivity index (χ1v) is 12.1. The fraction of sp³-hybridized carbons (Fsp3) is 0.222. The number of carboxylic acids is 2. The fourth-order valence-corrected chi connectivity index (χ4v) is 3.85. The Bertz CT molecular complexity index is 1380. The van der Waals surface area contributed by atoms with E-state index in [9.17, 15) is 23.1 Å². The number of rotatable bonds is 10. The second-order valence-electron chi connectivity index (χ2n) is 8.30. The van der Waals surface area contributed by atoms with Gasteiger partial charge < -0.3 is 25.3 Å². The third-order valence-electron chi connectivity index (χ3n) is 5.52. The van der Waals surface area contributed by atoms with Gasteiger partial charge in [0, 0.05) is 46.8 Å². The monoisotopic (exact) mass is 563 g/mol. The van der Waals surface area contributed by atoms with Gasteiger partial charge in [0.2, 0.25) is 0 Å². The quantitative estimate of drug-likeness (QED) is 0.166. The molecule has 12 heteroatoms. The van der Waals surface area contributed by atoms with Gasteiger partial charge in [-0.1, -0.05) is 29.8 Å². The summed E-state index contributed by atoms with van der Waals surface area (Å²) in [5.74, 6) is -2.26. The number of pyridine rings is 1. The predicted octanol–water partition coefficient (Wildman–Crippen LogP) is 6.34. The summed E-state index contributed by atoms with van der Waals surface area (Å²) in [5, 5.41) is 21.5. The molecule has 0 saturated carbocycles. The minimum Gasteiger partial charge on any atom is -0.493 e. The molecule has 0 saturated heterocycles. The van der Waals surface area contributed by atoms with Crippen LogP contribution in [0.5, 0.6) is 5.75 Å². The summed E-state index contributed by atoms with van der Waals surface area (Å²) in [5.41, 5.74) is 2.77. The molecule has 0 spiro atoms. The van der Waals surface area contributed by atoms with Gasteiger partial charge in [-0.2, -0.15) is 13.2 Å². The van der Waals surface area contributed by atoms with Gasteiger partial charge in [-0.15, -0.1) is 0 Å². The Morgan fingerprint density at radius 2 is 1.79 bits per heavy atom. The molecule has 8 nitrogen and oxygen atoms in total. The zero-order chi connectivity index (χ0) is 28.4. The number of hydrogen-bond donors (Lipinski definition) is 4. The molecule has 2 heterocycles. The summed E-state index contributed by atoms with van der Waals surface area (Å²) in [6, 6.07) is 18.9. The van der Waals surface area contributed by atoms with Crippen LogP contribution >= 0.6 is 11.6 Å². The van der Waals surface area contributed by atoms with E-state index in [1.807, 2.05) is 54.7 Å². The Balaban J connectivity index is 0.000000532. The topological polar surface area (TPSA) is 125 Å². The number of anilines is 1. The van der Waals surface area contributed by atoms with Crippen molar-refractivity contribution in [3.63, 3.8) is 0 Å². The first-order valence-electron chi connectivity index (χ1n) is 11.7. The minimum absolute atomic E-state index is 0.00386. The molecule has 0 aliphatic rings. The zero-order valence-electron chi connectivity index (χ0n) is 20.4. The maximum atomic E-state index is 11.5. The molecule has 39 heavy (non-hydrogen) atoms. The number of carboxylic acid groups (broad SMARTS) is 2. The van der Waals surface area contributed by atoms with Crippen molar-refractivity contribution in [3.8, 4) is 5.75 Å². The molecule has 4 rings (SSSR count). The largest absolute Gasteiger partial charge is 0.493 e. The van der Waals surface area contributed by atoms with Crippen LogP contribution in [0.25, 0.3) is 10.9 Å². The van der Waals surface area contributed by atoms with Gasteiger partial charge in [0.1, 0.15) is 11.6 Å². The summed E-state index contributed by atoms with van der Waals surface area (Å²) in [6.07, 6.45) is -0.613. The lowest BCUT2D eigenvalue weighted by Crippen LogP contribution is -2.21. The molecular weight excluding hydrogens is 539 g/mol. The normalized spacial score (nSPS) is 11.8. The van der Waals surface area contributed by atoms with Crippen molar-refractivity contribution in [3.05, 3.63) is 89.2 Å². The molecule has 2 aromatic carbocycles. The molecule has 0 aliphatic carbocycles. The van der Waals surface area contributed by atoms with E-state index in [-0.39, 0.29) is 12.3 Å².